The van der Waals surface area contributed by atoms with E-state index in [1.54, 1.807) is 0 Å². The molecule has 0 spiro atoms. The first-order chi connectivity index (χ1) is 8.33. The minimum Gasteiger partial charge on any atom is -0.381 e. The van der Waals surface area contributed by atoms with Crippen molar-refractivity contribution in [2.45, 2.75) is 19.3 Å². The van der Waals surface area contributed by atoms with Crippen molar-refractivity contribution < 1.29 is 9.53 Å². The number of ether oxygens (including phenoxy) is 1. The second kappa shape index (κ2) is 4.94. The lowest BCUT2D eigenvalue weighted by atomic mass is 9.81. The summed E-state index contributed by atoms with van der Waals surface area (Å²) in [7, 11) is 0. The maximum absolute atomic E-state index is 11.8. The van der Waals surface area contributed by atoms with Gasteiger partial charge in [-0.25, -0.2) is 0 Å². The van der Waals surface area contributed by atoms with Crippen LogP contribution in [0.3, 0.4) is 0 Å². The molecule has 2 aliphatic heterocycles. The van der Waals surface area contributed by atoms with Crippen LogP contribution in [0, 0.1) is 23.7 Å². The van der Waals surface area contributed by atoms with E-state index < -0.39 is 0 Å². The first-order valence-corrected chi connectivity index (χ1v) is 6.88. The van der Waals surface area contributed by atoms with Crippen LogP contribution in [-0.2, 0) is 9.53 Å². The highest BCUT2D eigenvalue weighted by atomic mass is 16.5. The lowest BCUT2D eigenvalue weighted by Gasteiger charge is -2.32. The first-order valence-electron chi connectivity index (χ1n) is 6.88. The third-order valence-corrected chi connectivity index (χ3v) is 4.39. The van der Waals surface area contributed by atoms with Gasteiger partial charge < -0.3 is 15.4 Å². The second-order valence-electron chi connectivity index (χ2n) is 5.83. The van der Waals surface area contributed by atoms with Gasteiger partial charge in [0.2, 0.25) is 5.91 Å². The molecule has 0 unspecified atom stereocenters. The molecule has 0 aromatic rings. The summed E-state index contributed by atoms with van der Waals surface area (Å²) in [5.41, 5.74) is 0. The van der Waals surface area contributed by atoms with Crippen molar-refractivity contribution in [2.75, 3.05) is 32.8 Å². The fraction of sp³-hybridized carbons (Fsp3) is 0.923. The Morgan fingerprint density at radius 3 is 3.00 bits per heavy atom. The van der Waals surface area contributed by atoms with Crippen molar-refractivity contribution in [1.29, 1.82) is 0 Å². The van der Waals surface area contributed by atoms with Gasteiger partial charge in [0, 0.05) is 19.5 Å². The standard InChI is InChI=1S/C13H22N2O2/c16-13(15-4-9-1-2-9)3-10-7-17-8-11-5-14-6-12(10)11/h9-12,14H,1-8H2,(H,15,16)/t10-,11-,12+/m1/s1. The number of nitrogens with one attached hydrogen (secondary N) is 2. The molecule has 1 saturated carbocycles. The highest BCUT2D eigenvalue weighted by Gasteiger charge is 2.38. The molecule has 3 atom stereocenters. The lowest BCUT2D eigenvalue weighted by molar-refractivity contribution is -0.124. The zero-order chi connectivity index (χ0) is 11.7. The number of amides is 1. The van der Waals surface area contributed by atoms with Crippen molar-refractivity contribution in [1.82, 2.24) is 10.6 Å². The van der Waals surface area contributed by atoms with Crippen molar-refractivity contribution >= 4 is 5.91 Å². The second-order valence-corrected chi connectivity index (χ2v) is 5.83. The molecule has 0 bridgehead atoms. The summed E-state index contributed by atoms with van der Waals surface area (Å²) in [6.07, 6.45) is 3.23. The molecule has 96 valence electrons. The Kier molecular flexibility index (Phi) is 3.34. The van der Waals surface area contributed by atoms with Crippen molar-refractivity contribution in [3.63, 3.8) is 0 Å². The van der Waals surface area contributed by atoms with Gasteiger partial charge in [-0.05, 0) is 43.1 Å². The molecule has 2 saturated heterocycles. The minimum atomic E-state index is 0.220. The van der Waals surface area contributed by atoms with E-state index in [2.05, 4.69) is 10.6 Å². The van der Waals surface area contributed by atoms with Gasteiger partial charge in [0.1, 0.15) is 0 Å². The molecule has 3 fully saturated rings. The number of fused-ring (bicyclic) bond motifs is 1. The topological polar surface area (TPSA) is 50.4 Å². The zero-order valence-corrected chi connectivity index (χ0v) is 10.3. The van der Waals surface area contributed by atoms with E-state index in [-0.39, 0.29) is 5.91 Å². The van der Waals surface area contributed by atoms with Crippen LogP contribution in [0.15, 0.2) is 0 Å². The largest absolute Gasteiger partial charge is 0.381 e. The van der Waals surface area contributed by atoms with Gasteiger partial charge in [-0.2, -0.15) is 0 Å². The monoisotopic (exact) mass is 238 g/mol. The molecule has 3 rings (SSSR count). The average Bonchev–Trinajstić information content (AvgIpc) is 3.03. The van der Waals surface area contributed by atoms with Crippen LogP contribution in [0.5, 0.6) is 0 Å². The SMILES string of the molecule is O=C(C[C@@H]1COC[C@H]2CNC[C@H]21)NCC1CC1. The number of rotatable bonds is 4. The molecule has 1 aliphatic carbocycles. The Morgan fingerprint density at radius 1 is 1.29 bits per heavy atom. The number of carbonyl (C=O) groups excluding carboxylic acids is 1. The third-order valence-electron chi connectivity index (χ3n) is 4.39. The van der Waals surface area contributed by atoms with Crippen LogP contribution >= 0.6 is 0 Å². The van der Waals surface area contributed by atoms with Crippen LogP contribution in [0.1, 0.15) is 19.3 Å². The molecule has 2 heterocycles. The van der Waals surface area contributed by atoms with Gasteiger partial charge in [0.25, 0.3) is 0 Å². The van der Waals surface area contributed by atoms with Crippen molar-refractivity contribution in [3.05, 3.63) is 0 Å². The minimum absolute atomic E-state index is 0.220. The Bertz CT molecular complexity index is 291. The van der Waals surface area contributed by atoms with Crippen LogP contribution in [0.25, 0.3) is 0 Å². The van der Waals surface area contributed by atoms with E-state index >= 15 is 0 Å². The average molecular weight is 238 g/mol. The Labute approximate surface area is 102 Å². The Morgan fingerprint density at radius 2 is 2.18 bits per heavy atom. The van der Waals surface area contributed by atoms with Crippen LogP contribution in [-0.4, -0.2) is 38.8 Å². The molecule has 4 nitrogen and oxygen atoms in total. The normalized spacial score (nSPS) is 36.6. The quantitative estimate of drug-likeness (QED) is 0.744. The molecular weight excluding hydrogens is 216 g/mol. The van der Waals surface area contributed by atoms with E-state index in [1.807, 2.05) is 0 Å². The van der Waals surface area contributed by atoms with Gasteiger partial charge >= 0.3 is 0 Å². The maximum atomic E-state index is 11.8. The maximum Gasteiger partial charge on any atom is 0.220 e. The zero-order valence-electron chi connectivity index (χ0n) is 10.3. The predicted octanol–water partition coefficient (Wildman–Crippen LogP) is 0.385. The molecule has 3 aliphatic rings. The molecule has 2 N–H and O–H groups in total. The van der Waals surface area contributed by atoms with Gasteiger partial charge in [-0.15, -0.1) is 0 Å². The molecule has 1 amide bonds. The Hall–Kier alpha value is -0.610. The summed E-state index contributed by atoms with van der Waals surface area (Å²) in [5, 5.41) is 6.47. The summed E-state index contributed by atoms with van der Waals surface area (Å²) in [5.74, 6) is 2.68. The van der Waals surface area contributed by atoms with Crippen LogP contribution in [0.4, 0.5) is 0 Å². The Balaban J connectivity index is 1.47. The number of hydrogen-bond acceptors (Lipinski definition) is 3. The van der Waals surface area contributed by atoms with Gasteiger partial charge in [0.15, 0.2) is 0 Å². The van der Waals surface area contributed by atoms with Crippen LogP contribution < -0.4 is 10.6 Å². The molecule has 0 radical (unpaired) electrons. The fourth-order valence-electron chi connectivity index (χ4n) is 3.08. The molecule has 17 heavy (non-hydrogen) atoms. The summed E-state index contributed by atoms with van der Waals surface area (Å²) in [6.45, 7) is 4.65. The first kappa shape index (κ1) is 11.5. The number of hydrogen-bond donors (Lipinski definition) is 2. The molecule has 0 aromatic carbocycles. The predicted molar refractivity (Wildman–Crippen MR) is 64.5 cm³/mol. The highest BCUT2D eigenvalue weighted by Crippen LogP contribution is 2.32. The van der Waals surface area contributed by atoms with E-state index in [9.17, 15) is 4.79 Å². The smallest absolute Gasteiger partial charge is 0.220 e. The van der Waals surface area contributed by atoms with E-state index in [1.165, 1.54) is 12.8 Å². The summed E-state index contributed by atoms with van der Waals surface area (Å²) < 4.78 is 5.61. The molecule has 4 heteroatoms. The summed E-state index contributed by atoms with van der Waals surface area (Å²) in [4.78, 5) is 11.8. The van der Waals surface area contributed by atoms with E-state index in [4.69, 9.17) is 4.74 Å². The highest BCUT2D eigenvalue weighted by molar-refractivity contribution is 5.76. The van der Waals surface area contributed by atoms with Crippen molar-refractivity contribution in [3.8, 4) is 0 Å². The van der Waals surface area contributed by atoms with Gasteiger partial charge in [0.05, 0.1) is 13.2 Å². The van der Waals surface area contributed by atoms with Gasteiger partial charge in [-0.1, -0.05) is 0 Å². The van der Waals surface area contributed by atoms with Crippen LogP contribution in [0.2, 0.25) is 0 Å². The molecular formula is C13H22N2O2. The van der Waals surface area contributed by atoms with E-state index in [0.717, 1.165) is 38.8 Å². The van der Waals surface area contributed by atoms with E-state index in [0.29, 0.717) is 24.2 Å². The third kappa shape index (κ3) is 2.80. The van der Waals surface area contributed by atoms with Crippen molar-refractivity contribution in [2.24, 2.45) is 23.7 Å². The van der Waals surface area contributed by atoms with Gasteiger partial charge in [-0.3, -0.25) is 4.79 Å². The summed E-state index contributed by atoms with van der Waals surface area (Å²) >= 11 is 0. The lowest BCUT2D eigenvalue weighted by Crippen LogP contribution is -2.38. The molecule has 0 aromatic heterocycles. The number of carbonyl (C=O) groups is 1. The fourth-order valence-corrected chi connectivity index (χ4v) is 3.08. The summed E-state index contributed by atoms with van der Waals surface area (Å²) in [6, 6.07) is 0.